The topological polar surface area (TPSA) is 95.5 Å². The number of carboxylic acid groups (broad SMARTS) is 1. The molecule has 1 aromatic carbocycles. The molecule has 1 unspecified atom stereocenters. The first-order valence-electron chi connectivity index (χ1n) is 8.73. The number of rotatable bonds is 12. The van der Waals surface area contributed by atoms with Crippen LogP contribution < -0.4 is 10.4 Å². The minimum atomic E-state index is -2.05. The number of aryl methyl sites for hydroxylation is 1. The first kappa shape index (κ1) is 21.4. The van der Waals surface area contributed by atoms with E-state index in [1.165, 1.54) is 5.56 Å². The lowest BCUT2D eigenvalue weighted by molar-refractivity contribution is -0.137. The Morgan fingerprint density at radius 1 is 1.16 bits per heavy atom. The van der Waals surface area contributed by atoms with E-state index < -0.39 is 20.0 Å². The van der Waals surface area contributed by atoms with Gasteiger partial charge in [-0.1, -0.05) is 44.2 Å². The first-order chi connectivity index (χ1) is 11.9. The van der Waals surface area contributed by atoms with Gasteiger partial charge in [-0.3, -0.25) is 14.7 Å². The van der Waals surface area contributed by atoms with E-state index in [4.69, 9.17) is 5.11 Å². The number of aliphatic carboxylic acids is 1. The highest BCUT2D eigenvalue weighted by Gasteiger charge is 2.23. The van der Waals surface area contributed by atoms with Crippen LogP contribution in [-0.2, 0) is 20.6 Å². The van der Waals surface area contributed by atoms with Gasteiger partial charge in [-0.25, -0.2) is 0 Å². The first-order valence-corrected chi connectivity index (χ1v) is 10.3. The molecule has 0 spiro atoms. The van der Waals surface area contributed by atoms with Gasteiger partial charge in [0.15, 0.2) is 0 Å². The van der Waals surface area contributed by atoms with E-state index in [2.05, 4.69) is 22.5 Å². The molecule has 1 amide bonds. The highest BCUT2D eigenvalue weighted by molar-refractivity contribution is 7.42. The van der Waals surface area contributed by atoms with Crippen LogP contribution in [0.25, 0.3) is 0 Å². The zero-order valence-electron chi connectivity index (χ0n) is 15.0. The summed E-state index contributed by atoms with van der Waals surface area (Å²) in [4.78, 5) is 22.6. The smallest absolute Gasteiger partial charge is 0.305 e. The summed E-state index contributed by atoms with van der Waals surface area (Å²) in [6.07, 6.45) is 3.19. The van der Waals surface area contributed by atoms with E-state index in [0.717, 1.165) is 19.3 Å². The highest BCUT2D eigenvalue weighted by Crippen LogP contribution is 2.21. The van der Waals surface area contributed by atoms with Crippen molar-refractivity contribution in [3.05, 3.63) is 35.9 Å². The molecule has 6 nitrogen and oxygen atoms in total. The molecule has 0 heterocycles. The number of benzene rings is 1. The van der Waals surface area contributed by atoms with E-state index in [0.29, 0.717) is 6.16 Å². The molecule has 140 valence electrons. The van der Waals surface area contributed by atoms with Gasteiger partial charge in [0.2, 0.25) is 5.91 Å². The summed E-state index contributed by atoms with van der Waals surface area (Å²) in [5.74, 6) is -1.27. The standard InChI is InChI=1S/C18H29N2O4P/c1-14(2)17(18(23)19-12-11-16(21)22)20-25(24)13-7-6-10-15-8-4-3-5-9-15/h3-5,8-9,14,17,25H,6-7,10-13H2,1-2H3,(H,19,23)(H,20,24)(H,21,22)/t17-/m0/s1. The summed E-state index contributed by atoms with van der Waals surface area (Å²) in [6.45, 7) is 3.83. The maximum Gasteiger partial charge on any atom is 0.305 e. The minimum absolute atomic E-state index is 0.0249. The Morgan fingerprint density at radius 3 is 2.44 bits per heavy atom. The maximum atomic E-state index is 12.3. The van der Waals surface area contributed by atoms with Crippen LogP contribution in [0.2, 0.25) is 0 Å². The maximum absolute atomic E-state index is 12.3. The van der Waals surface area contributed by atoms with Crippen molar-refractivity contribution in [3.63, 3.8) is 0 Å². The predicted molar refractivity (Wildman–Crippen MR) is 100 cm³/mol. The second-order valence-corrected chi connectivity index (χ2v) is 8.05. The lowest BCUT2D eigenvalue weighted by atomic mass is 10.1. The zero-order valence-corrected chi connectivity index (χ0v) is 16.0. The molecule has 1 rings (SSSR count). The molecule has 0 aliphatic carbocycles. The van der Waals surface area contributed by atoms with Crippen LogP contribution in [0.5, 0.6) is 0 Å². The molecule has 1 aromatic rings. The minimum Gasteiger partial charge on any atom is -0.481 e. The van der Waals surface area contributed by atoms with Crippen molar-refractivity contribution in [1.29, 1.82) is 0 Å². The van der Waals surface area contributed by atoms with E-state index in [1.807, 2.05) is 32.0 Å². The Hall–Kier alpha value is -1.65. The fourth-order valence-electron chi connectivity index (χ4n) is 2.44. The van der Waals surface area contributed by atoms with E-state index in [9.17, 15) is 14.2 Å². The number of hydrogen-bond acceptors (Lipinski definition) is 3. The number of nitrogens with one attached hydrogen (secondary N) is 2. The van der Waals surface area contributed by atoms with Crippen LogP contribution in [0.4, 0.5) is 0 Å². The number of unbranched alkanes of at least 4 members (excludes halogenated alkanes) is 1. The van der Waals surface area contributed by atoms with Gasteiger partial charge < -0.3 is 15.0 Å². The lowest BCUT2D eigenvalue weighted by Gasteiger charge is -2.21. The Labute approximate surface area is 150 Å². The zero-order chi connectivity index (χ0) is 18.7. The van der Waals surface area contributed by atoms with Crippen molar-refractivity contribution in [1.82, 2.24) is 10.4 Å². The SMILES string of the molecule is CC(C)[C@H](N[PH](=O)CCCCc1ccccc1)C(=O)NCCC(=O)O. The van der Waals surface area contributed by atoms with Crippen molar-refractivity contribution < 1.29 is 19.3 Å². The van der Waals surface area contributed by atoms with Gasteiger partial charge in [-0.05, 0) is 30.7 Å². The largest absolute Gasteiger partial charge is 0.481 e. The number of carbonyl (C=O) groups excluding carboxylic acids is 1. The van der Waals surface area contributed by atoms with Crippen molar-refractivity contribution in [2.45, 2.75) is 45.6 Å². The average Bonchev–Trinajstić information content (AvgIpc) is 2.56. The summed E-state index contributed by atoms with van der Waals surface area (Å²) in [5, 5.41) is 14.1. The third kappa shape index (κ3) is 9.42. The molecular weight excluding hydrogens is 339 g/mol. The second-order valence-electron chi connectivity index (χ2n) is 6.42. The third-order valence-corrected chi connectivity index (χ3v) is 5.31. The van der Waals surface area contributed by atoms with Crippen molar-refractivity contribution in [2.24, 2.45) is 5.92 Å². The van der Waals surface area contributed by atoms with Crippen LogP contribution in [0.1, 0.15) is 38.7 Å². The Kier molecular flexibility index (Phi) is 10.1. The summed E-state index contributed by atoms with van der Waals surface area (Å²) in [6, 6.07) is 9.61. The Bertz CT molecular complexity index is 563. The van der Waals surface area contributed by atoms with Gasteiger partial charge in [0.05, 0.1) is 12.5 Å². The molecule has 0 radical (unpaired) electrons. The molecule has 0 bridgehead atoms. The Balaban J connectivity index is 2.32. The summed E-state index contributed by atoms with van der Waals surface area (Å²) >= 11 is 0. The van der Waals surface area contributed by atoms with Gasteiger partial charge >= 0.3 is 5.97 Å². The molecule has 0 saturated heterocycles. The van der Waals surface area contributed by atoms with Crippen LogP contribution >= 0.6 is 7.95 Å². The summed E-state index contributed by atoms with van der Waals surface area (Å²) in [7, 11) is -2.05. The normalized spacial score (nSPS) is 13.4. The van der Waals surface area contributed by atoms with E-state index in [1.54, 1.807) is 0 Å². The lowest BCUT2D eigenvalue weighted by Crippen LogP contribution is -2.45. The second kappa shape index (κ2) is 11.8. The van der Waals surface area contributed by atoms with Gasteiger partial charge in [0.1, 0.15) is 7.95 Å². The third-order valence-electron chi connectivity index (χ3n) is 3.87. The molecule has 0 aromatic heterocycles. The highest BCUT2D eigenvalue weighted by atomic mass is 31.1. The molecule has 3 N–H and O–H groups in total. The van der Waals surface area contributed by atoms with Gasteiger partial charge in [-0.15, -0.1) is 0 Å². The average molecular weight is 368 g/mol. The van der Waals surface area contributed by atoms with Crippen molar-refractivity contribution in [3.8, 4) is 0 Å². The number of carboxylic acids is 1. The Morgan fingerprint density at radius 2 is 1.84 bits per heavy atom. The molecule has 2 atom stereocenters. The number of hydrogen-bond donors (Lipinski definition) is 3. The fraction of sp³-hybridized carbons (Fsp3) is 0.556. The molecule has 0 fully saturated rings. The van der Waals surface area contributed by atoms with Crippen molar-refractivity contribution in [2.75, 3.05) is 12.7 Å². The quantitative estimate of drug-likeness (QED) is 0.389. The fourth-order valence-corrected chi connectivity index (χ4v) is 3.97. The predicted octanol–water partition coefficient (Wildman–Crippen LogP) is 2.69. The molecule has 0 saturated carbocycles. The van der Waals surface area contributed by atoms with Gasteiger partial charge in [-0.2, -0.15) is 0 Å². The molecule has 0 aliphatic rings. The van der Waals surface area contributed by atoms with E-state index >= 15 is 0 Å². The number of carbonyl (C=O) groups is 2. The molecule has 0 aliphatic heterocycles. The van der Waals surface area contributed by atoms with Gasteiger partial charge in [0, 0.05) is 12.7 Å². The van der Waals surface area contributed by atoms with Crippen LogP contribution in [0.15, 0.2) is 30.3 Å². The monoisotopic (exact) mass is 368 g/mol. The van der Waals surface area contributed by atoms with Crippen molar-refractivity contribution >= 4 is 19.8 Å². The van der Waals surface area contributed by atoms with Crippen LogP contribution in [0.3, 0.4) is 0 Å². The van der Waals surface area contributed by atoms with E-state index in [-0.39, 0.29) is 24.8 Å². The van der Waals surface area contributed by atoms with Crippen LogP contribution in [-0.4, -0.2) is 35.7 Å². The number of amides is 1. The molecular formula is C18H29N2O4P. The molecule has 25 heavy (non-hydrogen) atoms. The summed E-state index contributed by atoms with van der Waals surface area (Å²) in [5.41, 5.74) is 1.27. The van der Waals surface area contributed by atoms with Crippen LogP contribution in [0, 0.1) is 5.92 Å². The summed E-state index contributed by atoms with van der Waals surface area (Å²) < 4.78 is 12.3. The van der Waals surface area contributed by atoms with Gasteiger partial charge in [0.25, 0.3) is 0 Å². The molecule has 7 heteroatoms.